The van der Waals surface area contributed by atoms with Gasteiger partial charge < -0.3 is 9.67 Å². The van der Waals surface area contributed by atoms with Gasteiger partial charge in [-0.05, 0) is 17.7 Å². The zero-order valence-electron chi connectivity index (χ0n) is 10.5. The van der Waals surface area contributed by atoms with Crippen molar-refractivity contribution in [3.63, 3.8) is 0 Å². The molecule has 0 aliphatic carbocycles. The maximum absolute atomic E-state index is 10.2. The molecule has 2 rings (SSSR count). The van der Waals surface area contributed by atoms with Gasteiger partial charge in [0.25, 0.3) is 0 Å². The Labute approximate surface area is 112 Å². The van der Waals surface area contributed by atoms with Crippen LogP contribution in [0.2, 0.25) is 5.02 Å². The van der Waals surface area contributed by atoms with Crippen LogP contribution in [0.15, 0.2) is 36.7 Å². The molecule has 4 heteroatoms. The number of benzene rings is 1. The maximum Gasteiger partial charge on any atom is 0.111 e. The summed E-state index contributed by atoms with van der Waals surface area (Å²) in [6.45, 7) is 4.69. The number of hydrogen-bond acceptors (Lipinski definition) is 2. The van der Waals surface area contributed by atoms with Gasteiger partial charge in [0.1, 0.15) is 5.82 Å². The lowest BCUT2D eigenvalue weighted by Crippen LogP contribution is -2.11. The van der Waals surface area contributed by atoms with Crippen LogP contribution in [0, 0.1) is 0 Å². The van der Waals surface area contributed by atoms with E-state index >= 15 is 0 Å². The summed E-state index contributed by atoms with van der Waals surface area (Å²) in [5.74, 6) is 1.33. The van der Waals surface area contributed by atoms with Gasteiger partial charge in [-0.15, -0.1) is 0 Å². The number of aliphatic hydroxyl groups excluding tert-OH is 1. The summed E-state index contributed by atoms with van der Waals surface area (Å²) in [6.07, 6.45) is 3.12. The van der Waals surface area contributed by atoms with E-state index in [2.05, 4.69) is 18.8 Å². The van der Waals surface area contributed by atoms with Crippen LogP contribution >= 0.6 is 11.6 Å². The third kappa shape index (κ3) is 2.92. The molecular formula is C14H17ClN2O. The van der Waals surface area contributed by atoms with Crippen LogP contribution in [0.4, 0.5) is 0 Å². The van der Waals surface area contributed by atoms with Crippen LogP contribution in [0.25, 0.3) is 0 Å². The van der Waals surface area contributed by atoms with E-state index in [0.717, 1.165) is 11.4 Å². The molecule has 0 aliphatic heterocycles. The second-order valence-corrected chi connectivity index (χ2v) is 5.10. The zero-order valence-corrected chi connectivity index (χ0v) is 11.3. The van der Waals surface area contributed by atoms with E-state index in [1.807, 2.05) is 22.9 Å². The van der Waals surface area contributed by atoms with Crippen molar-refractivity contribution in [3.05, 3.63) is 53.1 Å². The molecule has 0 aliphatic rings. The molecule has 3 nitrogen and oxygen atoms in total. The highest BCUT2D eigenvalue weighted by atomic mass is 35.5. The zero-order chi connectivity index (χ0) is 13.1. The summed E-state index contributed by atoms with van der Waals surface area (Å²) in [4.78, 5) is 4.31. The van der Waals surface area contributed by atoms with Crippen LogP contribution < -0.4 is 0 Å². The molecule has 1 heterocycles. The van der Waals surface area contributed by atoms with Crippen molar-refractivity contribution in [2.75, 3.05) is 0 Å². The van der Waals surface area contributed by atoms with E-state index in [-0.39, 0.29) is 0 Å². The molecule has 0 spiro atoms. The highest BCUT2D eigenvalue weighted by Gasteiger charge is 2.12. The summed E-state index contributed by atoms with van der Waals surface area (Å²) in [6, 6.07) is 7.27. The first-order chi connectivity index (χ1) is 8.58. The minimum atomic E-state index is -0.547. The molecule has 0 saturated heterocycles. The van der Waals surface area contributed by atoms with Crippen LogP contribution in [-0.2, 0) is 6.54 Å². The van der Waals surface area contributed by atoms with Gasteiger partial charge in [0.2, 0.25) is 0 Å². The Kier molecular flexibility index (Phi) is 4.04. The molecule has 96 valence electrons. The van der Waals surface area contributed by atoms with Crippen molar-refractivity contribution in [2.45, 2.75) is 32.4 Å². The average molecular weight is 265 g/mol. The van der Waals surface area contributed by atoms with Crippen LogP contribution in [-0.4, -0.2) is 14.7 Å². The fourth-order valence-electron chi connectivity index (χ4n) is 1.95. The third-order valence-electron chi connectivity index (χ3n) is 2.89. The summed E-state index contributed by atoms with van der Waals surface area (Å²) in [5, 5.41) is 10.9. The number of nitrogens with zero attached hydrogens (tertiary/aromatic N) is 2. The van der Waals surface area contributed by atoms with E-state index in [1.54, 1.807) is 18.3 Å². The standard InChI is InChI=1S/C14H17ClN2O/c1-10(2)14-16-7-8-17(14)9-13(18)11-3-5-12(15)6-4-11/h3-8,10,13,18H,9H2,1-2H3. The van der Waals surface area contributed by atoms with E-state index in [9.17, 15) is 5.11 Å². The highest BCUT2D eigenvalue weighted by Crippen LogP contribution is 2.20. The van der Waals surface area contributed by atoms with E-state index in [1.165, 1.54) is 0 Å². The van der Waals surface area contributed by atoms with E-state index in [0.29, 0.717) is 17.5 Å². The number of hydrogen-bond donors (Lipinski definition) is 1. The van der Waals surface area contributed by atoms with Crippen molar-refractivity contribution >= 4 is 11.6 Å². The number of rotatable bonds is 4. The lowest BCUT2D eigenvalue weighted by Gasteiger charge is -2.15. The third-order valence-corrected chi connectivity index (χ3v) is 3.14. The number of halogens is 1. The summed E-state index contributed by atoms with van der Waals surface area (Å²) in [7, 11) is 0. The molecule has 1 aromatic heterocycles. The quantitative estimate of drug-likeness (QED) is 0.919. The molecule has 18 heavy (non-hydrogen) atoms. The average Bonchev–Trinajstić information content (AvgIpc) is 2.78. The van der Waals surface area contributed by atoms with Crippen LogP contribution in [0.1, 0.15) is 37.3 Å². The molecular weight excluding hydrogens is 248 g/mol. The van der Waals surface area contributed by atoms with Crippen molar-refractivity contribution in [2.24, 2.45) is 0 Å². The highest BCUT2D eigenvalue weighted by molar-refractivity contribution is 6.30. The molecule has 1 atom stereocenters. The second-order valence-electron chi connectivity index (χ2n) is 4.66. The molecule has 0 fully saturated rings. The van der Waals surface area contributed by atoms with Crippen molar-refractivity contribution in [3.8, 4) is 0 Å². The number of aromatic nitrogens is 2. The van der Waals surface area contributed by atoms with Gasteiger partial charge in [0, 0.05) is 23.3 Å². The molecule has 1 N–H and O–H groups in total. The molecule has 0 amide bonds. The number of imidazole rings is 1. The van der Waals surface area contributed by atoms with E-state index in [4.69, 9.17) is 11.6 Å². The lowest BCUT2D eigenvalue weighted by molar-refractivity contribution is 0.155. The Morgan fingerprint density at radius 1 is 1.28 bits per heavy atom. The minimum absolute atomic E-state index is 0.345. The van der Waals surface area contributed by atoms with Gasteiger partial charge in [0.05, 0.1) is 12.6 Å². The van der Waals surface area contributed by atoms with Gasteiger partial charge in [0.15, 0.2) is 0 Å². The second kappa shape index (κ2) is 5.55. The molecule has 1 aromatic carbocycles. The first-order valence-electron chi connectivity index (χ1n) is 6.02. The summed E-state index contributed by atoms with van der Waals surface area (Å²) in [5.41, 5.74) is 0.864. The lowest BCUT2D eigenvalue weighted by atomic mass is 10.1. The van der Waals surface area contributed by atoms with Crippen molar-refractivity contribution < 1.29 is 5.11 Å². The Morgan fingerprint density at radius 3 is 2.56 bits per heavy atom. The first-order valence-corrected chi connectivity index (χ1v) is 6.40. The van der Waals surface area contributed by atoms with Crippen molar-refractivity contribution in [1.29, 1.82) is 0 Å². The fraction of sp³-hybridized carbons (Fsp3) is 0.357. The van der Waals surface area contributed by atoms with Crippen LogP contribution in [0.5, 0.6) is 0 Å². The van der Waals surface area contributed by atoms with Crippen molar-refractivity contribution in [1.82, 2.24) is 9.55 Å². The topological polar surface area (TPSA) is 38.0 Å². The molecule has 0 bridgehead atoms. The predicted molar refractivity (Wildman–Crippen MR) is 72.7 cm³/mol. The Hall–Kier alpha value is -1.32. The van der Waals surface area contributed by atoms with Gasteiger partial charge in [-0.1, -0.05) is 37.6 Å². The Bertz CT molecular complexity index is 505. The Morgan fingerprint density at radius 2 is 1.94 bits per heavy atom. The molecule has 0 saturated carbocycles. The molecule has 0 radical (unpaired) electrons. The normalized spacial score (nSPS) is 12.9. The fourth-order valence-corrected chi connectivity index (χ4v) is 2.08. The smallest absolute Gasteiger partial charge is 0.111 e. The monoisotopic (exact) mass is 264 g/mol. The molecule has 2 aromatic rings. The minimum Gasteiger partial charge on any atom is -0.387 e. The molecule has 1 unspecified atom stereocenters. The maximum atomic E-state index is 10.2. The van der Waals surface area contributed by atoms with Gasteiger partial charge >= 0.3 is 0 Å². The van der Waals surface area contributed by atoms with Gasteiger partial charge in [-0.2, -0.15) is 0 Å². The van der Waals surface area contributed by atoms with E-state index < -0.39 is 6.10 Å². The number of aliphatic hydroxyl groups is 1. The first kappa shape index (κ1) is 13.1. The summed E-state index contributed by atoms with van der Waals surface area (Å²) >= 11 is 5.83. The summed E-state index contributed by atoms with van der Waals surface area (Å²) < 4.78 is 1.99. The van der Waals surface area contributed by atoms with Crippen LogP contribution in [0.3, 0.4) is 0 Å². The largest absolute Gasteiger partial charge is 0.387 e. The van der Waals surface area contributed by atoms with Gasteiger partial charge in [-0.25, -0.2) is 4.98 Å². The Balaban J connectivity index is 2.13. The SMILES string of the molecule is CC(C)c1nccn1CC(O)c1ccc(Cl)cc1. The van der Waals surface area contributed by atoms with Gasteiger partial charge in [-0.3, -0.25) is 0 Å². The predicted octanol–water partition coefficient (Wildman–Crippen LogP) is 3.39.